The minimum atomic E-state index is -4.44. The molecule has 8 heteroatoms. The Hall–Kier alpha value is -1.76. The van der Waals surface area contributed by atoms with Crippen molar-refractivity contribution in [2.75, 3.05) is 11.9 Å². The van der Waals surface area contributed by atoms with Gasteiger partial charge in [0.2, 0.25) is 0 Å². The number of pyridine rings is 1. The van der Waals surface area contributed by atoms with Gasteiger partial charge >= 0.3 is 6.18 Å². The van der Waals surface area contributed by atoms with Gasteiger partial charge in [0.05, 0.1) is 16.9 Å². The predicted molar refractivity (Wildman–Crippen MR) is 69.7 cm³/mol. The summed E-state index contributed by atoms with van der Waals surface area (Å²) in [4.78, 5) is 7.67. The van der Waals surface area contributed by atoms with Crippen molar-refractivity contribution in [3.8, 4) is 0 Å². The zero-order valence-electron chi connectivity index (χ0n) is 10.6. The Morgan fingerprint density at radius 3 is 2.65 bits per heavy atom. The molecule has 0 amide bonds. The number of rotatable bonds is 4. The highest BCUT2D eigenvalue weighted by Crippen LogP contribution is 2.32. The van der Waals surface area contributed by atoms with Crippen LogP contribution in [0.15, 0.2) is 24.8 Å². The molecule has 0 bridgehead atoms. The maximum Gasteiger partial charge on any atom is 0.417 e. The van der Waals surface area contributed by atoms with Gasteiger partial charge in [-0.3, -0.25) is 0 Å². The average molecular weight is 305 g/mol. The van der Waals surface area contributed by atoms with Crippen molar-refractivity contribution in [3.63, 3.8) is 0 Å². The summed E-state index contributed by atoms with van der Waals surface area (Å²) in [5, 5.41) is 2.85. The van der Waals surface area contributed by atoms with Gasteiger partial charge in [-0.05, 0) is 6.07 Å². The van der Waals surface area contributed by atoms with Crippen molar-refractivity contribution in [2.24, 2.45) is 7.05 Å². The maximum atomic E-state index is 12.5. The molecule has 0 atom stereocenters. The smallest absolute Gasteiger partial charge is 0.368 e. The molecule has 2 aromatic rings. The van der Waals surface area contributed by atoms with Crippen LogP contribution in [0.5, 0.6) is 0 Å². The minimum absolute atomic E-state index is 0.0511. The van der Waals surface area contributed by atoms with Gasteiger partial charge in [0.25, 0.3) is 0 Å². The number of anilines is 1. The normalized spacial score (nSPS) is 11.7. The van der Waals surface area contributed by atoms with Crippen LogP contribution in [-0.4, -0.2) is 21.1 Å². The fraction of sp³-hybridized carbons (Fsp3) is 0.333. The van der Waals surface area contributed by atoms with Gasteiger partial charge in [-0.2, -0.15) is 13.2 Å². The monoisotopic (exact) mass is 304 g/mol. The number of hydrogen-bond acceptors (Lipinski definition) is 3. The highest BCUT2D eigenvalue weighted by atomic mass is 35.5. The summed E-state index contributed by atoms with van der Waals surface area (Å²) in [5.41, 5.74) is 0.139. The number of halogens is 4. The van der Waals surface area contributed by atoms with Crippen molar-refractivity contribution in [1.29, 1.82) is 0 Å². The van der Waals surface area contributed by atoms with Crippen molar-refractivity contribution in [2.45, 2.75) is 12.6 Å². The lowest BCUT2D eigenvalue weighted by Gasteiger charge is -2.10. The van der Waals surface area contributed by atoms with E-state index < -0.39 is 11.7 Å². The van der Waals surface area contributed by atoms with Gasteiger partial charge < -0.3 is 9.88 Å². The van der Waals surface area contributed by atoms with Crippen molar-refractivity contribution in [3.05, 3.63) is 41.1 Å². The van der Waals surface area contributed by atoms with Crippen LogP contribution in [0.2, 0.25) is 5.02 Å². The zero-order chi connectivity index (χ0) is 14.8. The number of nitrogens with zero attached hydrogens (tertiary/aromatic N) is 3. The van der Waals surface area contributed by atoms with Crippen molar-refractivity contribution >= 4 is 17.4 Å². The molecule has 4 nitrogen and oxygen atoms in total. The maximum absolute atomic E-state index is 12.5. The van der Waals surface area contributed by atoms with E-state index in [4.69, 9.17) is 11.6 Å². The van der Waals surface area contributed by atoms with Gasteiger partial charge in [-0.1, -0.05) is 11.6 Å². The molecule has 0 saturated carbocycles. The highest BCUT2D eigenvalue weighted by molar-refractivity contribution is 6.32. The molecular weight excluding hydrogens is 293 g/mol. The van der Waals surface area contributed by atoms with Gasteiger partial charge in [0.1, 0.15) is 5.82 Å². The summed E-state index contributed by atoms with van der Waals surface area (Å²) in [5.74, 6) is 0.238. The van der Waals surface area contributed by atoms with Crippen LogP contribution < -0.4 is 5.32 Å². The third-order valence-corrected chi connectivity index (χ3v) is 3.05. The second-order valence-electron chi connectivity index (χ2n) is 4.22. The zero-order valence-corrected chi connectivity index (χ0v) is 11.3. The lowest BCUT2D eigenvalue weighted by molar-refractivity contribution is -0.137. The van der Waals surface area contributed by atoms with Crippen molar-refractivity contribution < 1.29 is 13.2 Å². The first-order valence-electron chi connectivity index (χ1n) is 5.79. The summed E-state index contributed by atoms with van der Waals surface area (Å²) in [6, 6.07) is 0.862. The Morgan fingerprint density at radius 2 is 2.10 bits per heavy atom. The first-order valence-corrected chi connectivity index (χ1v) is 6.17. The molecule has 20 heavy (non-hydrogen) atoms. The minimum Gasteiger partial charge on any atom is -0.368 e. The Morgan fingerprint density at radius 1 is 1.35 bits per heavy atom. The van der Waals surface area contributed by atoms with Crippen LogP contribution in [0, 0.1) is 0 Å². The van der Waals surface area contributed by atoms with E-state index in [1.807, 2.05) is 11.6 Å². The molecule has 0 fully saturated rings. The summed E-state index contributed by atoms with van der Waals surface area (Å²) >= 11 is 5.78. The Bertz CT molecular complexity index is 595. The fourth-order valence-electron chi connectivity index (χ4n) is 1.66. The molecule has 0 aromatic carbocycles. The predicted octanol–water partition coefficient (Wildman–Crippen LogP) is 3.14. The molecular formula is C12H12ClF3N4. The lowest BCUT2D eigenvalue weighted by Crippen LogP contribution is -2.11. The number of hydrogen-bond donors (Lipinski definition) is 1. The number of nitrogens with one attached hydrogen (secondary N) is 1. The topological polar surface area (TPSA) is 42.7 Å². The Labute approximate surface area is 118 Å². The second-order valence-corrected chi connectivity index (χ2v) is 4.63. The molecule has 0 unspecified atom stereocenters. The molecule has 2 rings (SSSR count). The largest absolute Gasteiger partial charge is 0.417 e. The molecule has 1 N–H and O–H groups in total. The summed E-state index contributed by atoms with van der Waals surface area (Å²) < 4.78 is 39.2. The second kappa shape index (κ2) is 5.70. The van der Waals surface area contributed by atoms with E-state index in [1.165, 1.54) is 0 Å². The van der Waals surface area contributed by atoms with Crippen LogP contribution in [0.25, 0.3) is 0 Å². The van der Waals surface area contributed by atoms with E-state index in [0.717, 1.165) is 18.0 Å². The third-order valence-electron chi connectivity index (χ3n) is 2.76. The molecule has 0 aliphatic carbocycles. The SMILES string of the molecule is Cn1cncc1CCNc1ncc(C(F)(F)F)cc1Cl. The van der Waals surface area contributed by atoms with Crippen LogP contribution in [0.1, 0.15) is 11.3 Å². The number of imidazole rings is 1. The molecule has 0 aliphatic rings. The number of aromatic nitrogens is 3. The van der Waals surface area contributed by atoms with E-state index in [0.29, 0.717) is 13.0 Å². The quantitative estimate of drug-likeness (QED) is 0.943. The van der Waals surface area contributed by atoms with Crippen LogP contribution >= 0.6 is 11.6 Å². The third kappa shape index (κ3) is 3.41. The molecule has 0 saturated heterocycles. The van der Waals surface area contributed by atoms with Gasteiger partial charge in [-0.25, -0.2) is 9.97 Å². The first kappa shape index (κ1) is 14.6. The molecule has 2 heterocycles. The molecule has 108 valence electrons. The summed E-state index contributed by atoms with van der Waals surface area (Å²) in [6.45, 7) is 0.498. The lowest BCUT2D eigenvalue weighted by atomic mass is 10.2. The van der Waals surface area contributed by atoms with E-state index in [2.05, 4.69) is 15.3 Å². The van der Waals surface area contributed by atoms with E-state index in [1.54, 1.807) is 12.5 Å². The van der Waals surface area contributed by atoms with E-state index in [9.17, 15) is 13.2 Å². The van der Waals surface area contributed by atoms with Crippen LogP contribution in [-0.2, 0) is 19.6 Å². The number of aryl methyl sites for hydroxylation is 1. The summed E-state index contributed by atoms with van der Waals surface area (Å²) in [7, 11) is 1.87. The van der Waals surface area contributed by atoms with Crippen molar-refractivity contribution in [1.82, 2.24) is 14.5 Å². The van der Waals surface area contributed by atoms with E-state index >= 15 is 0 Å². The molecule has 0 radical (unpaired) electrons. The van der Waals surface area contributed by atoms with E-state index in [-0.39, 0.29) is 10.8 Å². The Kier molecular flexibility index (Phi) is 4.17. The number of alkyl halides is 3. The highest BCUT2D eigenvalue weighted by Gasteiger charge is 2.31. The molecule has 0 spiro atoms. The van der Waals surface area contributed by atoms with Gasteiger partial charge in [0.15, 0.2) is 0 Å². The molecule has 2 aromatic heterocycles. The fourth-order valence-corrected chi connectivity index (χ4v) is 1.89. The van der Waals surface area contributed by atoms with Gasteiger partial charge in [-0.15, -0.1) is 0 Å². The Balaban J connectivity index is 1.98. The van der Waals surface area contributed by atoms with Gasteiger partial charge in [0, 0.05) is 38.1 Å². The first-order chi connectivity index (χ1) is 9.38. The molecule has 0 aliphatic heterocycles. The summed E-state index contributed by atoms with van der Waals surface area (Å²) in [6.07, 6.45) is 0.389. The van der Waals surface area contributed by atoms with Crippen LogP contribution in [0.4, 0.5) is 19.0 Å². The standard InChI is InChI=1S/C12H12ClF3N4/c1-20-7-17-6-9(20)2-3-18-11-10(13)4-8(5-19-11)12(14,15)16/h4-7H,2-3H2,1H3,(H,18,19). The van der Waals surface area contributed by atoms with Crippen LogP contribution in [0.3, 0.4) is 0 Å². The average Bonchev–Trinajstić information content (AvgIpc) is 2.76.